The summed E-state index contributed by atoms with van der Waals surface area (Å²) >= 11 is 0. The number of rotatable bonds is 2. The van der Waals surface area contributed by atoms with Crippen LogP contribution in [0.2, 0.25) is 0 Å². The van der Waals surface area contributed by atoms with Crippen molar-refractivity contribution in [3.63, 3.8) is 0 Å². The molecular weight excluding hydrogens is 160 g/mol. The Bertz CT molecular complexity index is 306. The lowest BCUT2D eigenvalue weighted by molar-refractivity contribution is 0.476. The average Bonchev–Trinajstić information content (AvgIpc) is 2.05. The van der Waals surface area contributed by atoms with Gasteiger partial charge in [0.1, 0.15) is 11.4 Å². The van der Waals surface area contributed by atoms with Crippen molar-refractivity contribution in [2.24, 2.45) is 10.4 Å². The van der Waals surface area contributed by atoms with Gasteiger partial charge in [0.15, 0.2) is 5.69 Å². The van der Waals surface area contributed by atoms with Crippen LogP contribution in [0.25, 0.3) is 0 Å². The van der Waals surface area contributed by atoms with E-state index in [1.165, 1.54) is 6.07 Å². The highest BCUT2D eigenvalue weighted by Crippen LogP contribution is 2.33. The molecular formula is C7H6N2O3. The van der Waals surface area contributed by atoms with Crippen LogP contribution in [-0.4, -0.2) is 5.11 Å². The molecule has 0 aliphatic heterocycles. The van der Waals surface area contributed by atoms with Crippen LogP contribution in [0.4, 0.5) is 11.4 Å². The smallest absolute Gasteiger partial charge is 0.151 e. The molecule has 62 valence electrons. The van der Waals surface area contributed by atoms with Crippen molar-refractivity contribution >= 4 is 11.4 Å². The van der Waals surface area contributed by atoms with Crippen LogP contribution in [-0.2, 0) is 0 Å². The molecule has 1 aromatic rings. The number of phenols is 1. The summed E-state index contributed by atoms with van der Waals surface area (Å²) in [6, 6.07) is 2.41. The van der Waals surface area contributed by atoms with E-state index < -0.39 is 0 Å². The second-order valence-corrected chi connectivity index (χ2v) is 2.31. The van der Waals surface area contributed by atoms with Gasteiger partial charge in [0.2, 0.25) is 0 Å². The van der Waals surface area contributed by atoms with Crippen LogP contribution in [0.15, 0.2) is 22.5 Å². The summed E-state index contributed by atoms with van der Waals surface area (Å²) in [6.45, 7) is 1.60. The van der Waals surface area contributed by atoms with Crippen LogP contribution < -0.4 is 0 Å². The molecule has 0 amide bonds. The minimum absolute atomic E-state index is 0.113. The number of phenolic OH excluding ortho intramolecular Hbond substituents is 1. The molecule has 0 aliphatic rings. The van der Waals surface area contributed by atoms with Crippen LogP contribution in [0.3, 0.4) is 0 Å². The number of aryl methyl sites for hydroxylation is 1. The van der Waals surface area contributed by atoms with Crippen LogP contribution in [0.1, 0.15) is 5.56 Å². The Morgan fingerprint density at radius 3 is 2.25 bits per heavy atom. The molecule has 5 nitrogen and oxygen atoms in total. The molecule has 12 heavy (non-hydrogen) atoms. The van der Waals surface area contributed by atoms with Gasteiger partial charge < -0.3 is 5.11 Å². The number of nitrogens with zero attached hydrogens (tertiary/aromatic N) is 2. The Kier molecular flexibility index (Phi) is 2.14. The Balaban J connectivity index is 3.36. The number of benzene rings is 1. The fraction of sp³-hybridized carbons (Fsp3) is 0.143. The molecule has 1 aromatic carbocycles. The number of hydrogen-bond acceptors (Lipinski definition) is 5. The fourth-order valence-electron chi connectivity index (χ4n) is 0.842. The predicted octanol–water partition coefficient (Wildman–Crippen LogP) is 2.50. The summed E-state index contributed by atoms with van der Waals surface area (Å²) < 4.78 is 0. The molecule has 1 rings (SSSR count). The van der Waals surface area contributed by atoms with E-state index in [1.807, 2.05) is 0 Å². The molecule has 0 atom stereocenters. The van der Waals surface area contributed by atoms with Gasteiger partial charge in [-0.3, -0.25) is 0 Å². The number of hydrogen-bond donors (Lipinski definition) is 1. The average molecular weight is 166 g/mol. The summed E-state index contributed by atoms with van der Waals surface area (Å²) in [7, 11) is 0. The maximum atomic E-state index is 10.1. The largest absolute Gasteiger partial charge is 0.506 e. The van der Waals surface area contributed by atoms with Crippen molar-refractivity contribution in [1.29, 1.82) is 0 Å². The van der Waals surface area contributed by atoms with Crippen molar-refractivity contribution in [1.82, 2.24) is 0 Å². The Morgan fingerprint density at radius 2 is 1.75 bits per heavy atom. The third-order valence-electron chi connectivity index (χ3n) is 1.49. The first kappa shape index (κ1) is 8.32. The third-order valence-corrected chi connectivity index (χ3v) is 1.49. The van der Waals surface area contributed by atoms with E-state index in [0.717, 1.165) is 6.07 Å². The van der Waals surface area contributed by atoms with E-state index in [9.17, 15) is 9.81 Å². The molecule has 0 saturated heterocycles. The Hall–Kier alpha value is -1.78. The molecule has 0 aromatic heterocycles. The Morgan fingerprint density at radius 1 is 1.17 bits per heavy atom. The van der Waals surface area contributed by atoms with Crippen molar-refractivity contribution in [3.8, 4) is 5.75 Å². The van der Waals surface area contributed by atoms with E-state index in [4.69, 9.17) is 5.11 Å². The Labute approximate surface area is 68.0 Å². The maximum Gasteiger partial charge on any atom is 0.151 e. The quantitative estimate of drug-likeness (QED) is 0.685. The zero-order chi connectivity index (χ0) is 9.14. The minimum Gasteiger partial charge on any atom is -0.506 e. The number of nitroso groups, excluding NO2 is 2. The lowest BCUT2D eigenvalue weighted by Crippen LogP contribution is -1.74. The third kappa shape index (κ3) is 1.29. The summed E-state index contributed by atoms with van der Waals surface area (Å²) in [5.41, 5.74) is 0.451. The van der Waals surface area contributed by atoms with Crippen molar-refractivity contribution in [2.45, 2.75) is 6.92 Å². The lowest BCUT2D eigenvalue weighted by Gasteiger charge is -1.99. The summed E-state index contributed by atoms with van der Waals surface area (Å²) in [4.78, 5) is 20.2. The standard InChI is InChI=1S/C7H6N2O3/c1-4-2-7(10)6(9-12)3-5(4)8-11/h2-3,10H,1H3. The normalized spacial score (nSPS) is 9.42. The molecule has 0 saturated carbocycles. The molecule has 0 bridgehead atoms. The molecule has 0 heterocycles. The second-order valence-electron chi connectivity index (χ2n) is 2.31. The molecule has 0 radical (unpaired) electrons. The molecule has 0 spiro atoms. The fourth-order valence-corrected chi connectivity index (χ4v) is 0.842. The van der Waals surface area contributed by atoms with Gasteiger partial charge in [-0.05, 0) is 28.9 Å². The predicted molar refractivity (Wildman–Crippen MR) is 43.8 cm³/mol. The highest BCUT2D eigenvalue weighted by molar-refractivity contribution is 5.62. The summed E-state index contributed by atoms with van der Waals surface area (Å²) in [5.74, 6) is -0.241. The number of aromatic hydroxyl groups is 1. The second kappa shape index (κ2) is 3.08. The zero-order valence-corrected chi connectivity index (χ0v) is 6.31. The van der Waals surface area contributed by atoms with Gasteiger partial charge >= 0.3 is 0 Å². The van der Waals surface area contributed by atoms with Gasteiger partial charge in [-0.15, -0.1) is 9.81 Å². The van der Waals surface area contributed by atoms with E-state index in [-0.39, 0.29) is 17.1 Å². The maximum absolute atomic E-state index is 10.1. The van der Waals surface area contributed by atoms with E-state index in [2.05, 4.69) is 10.4 Å². The van der Waals surface area contributed by atoms with Crippen LogP contribution in [0.5, 0.6) is 5.75 Å². The SMILES string of the molecule is Cc1cc(O)c(N=O)cc1N=O. The highest BCUT2D eigenvalue weighted by atomic mass is 16.3. The molecule has 1 N–H and O–H groups in total. The van der Waals surface area contributed by atoms with Gasteiger partial charge in [0.05, 0.1) is 0 Å². The highest BCUT2D eigenvalue weighted by Gasteiger charge is 2.06. The summed E-state index contributed by atoms with van der Waals surface area (Å²) in [6.07, 6.45) is 0. The minimum atomic E-state index is -0.241. The van der Waals surface area contributed by atoms with E-state index >= 15 is 0 Å². The van der Waals surface area contributed by atoms with Crippen LogP contribution >= 0.6 is 0 Å². The van der Waals surface area contributed by atoms with Gasteiger partial charge in [-0.2, -0.15) is 0 Å². The first-order valence-corrected chi connectivity index (χ1v) is 3.19. The van der Waals surface area contributed by atoms with Crippen molar-refractivity contribution < 1.29 is 5.11 Å². The van der Waals surface area contributed by atoms with Gasteiger partial charge in [-0.25, -0.2) is 0 Å². The first-order chi connectivity index (χ1) is 5.69. The molecule has 0 unspecified atom stereocenters. The topological polar surface area (TPSA) is 79.1 Å². The van der Waals surface area contributed by atoms with Gasteiger partial charge in [0.25, 0.3) is 0 Å². The summed E-state index contributed by atoms with van der Waals surface area (Å²) in [5, 5.41) is 14.3. The molecule has 0 aliphatic carbocycles. The monoisotopic (exact) mass is 166 g/mol. The lowest BCUT2D eigenvalue weighted by atomic mass is 10.2. The molecule has 5 heteroatoms. The zero-order valence-electron chi connectivity index (χ0n) is 6.31. The van der Waals surface area contributed by atoms with Crippen molar-refractivity contribution in [2.75, 3.05) is 0 Å². The van der Waals surface area contributed by atoms with Gasteiger partial charge in [0, 0.05) is 6.07 Å². The molecule has 0 fully saturated rings. The van der Waals surface area contributed by atoms with E-state index in [0.29, 0.717) is 5.56 Å². The van der Waals surface area contributed by atoms with Crippen LogP contribution in [0, 0.1) is 16.7 Å². The van der Waals surface area contributed by atoms with Gasteiger partial charge in [-0.1, -0.05) is 0 Å². The van der Waals surface area contributed by atoms with Crippen molar-refractivity contribution in [3.05, 3.63) is 27.5 Å². The first-order valence-electron chi connectivity index (χ1n) is 3.19. The van der Waals surface area contributed by atoms with E-state index in [1.54, 1.807) is 6.92 Å².